The van der Waals surface area contributed by atoms with Gasteiger partial charge in [-0.05, 0) is 12.8 Å². The monoisotopic (exact) mass is 459 g/mol. The van der Waals surface area contributed by atoms with Crippen LogP contribution in [0.4, 0.5) is 4.79 Å². The van der Waals surface area contributed by atoms with Crippen molar-refractivity contribution in [3.63, 3.8) is 0 Å². The van der Waals surface area contributed by atoms with E-state index in [0.717, 1.165) is 25.3 Å². The van der Waals surface area contributed by atoms with Crippen LogP contribution in [0.3, 0.4) is 0 Å². The number of guanidine groups is 1. The van der Waals surface area contributed by atoms with E-state index in [-0.39, 0.29) is 18.9 Å². The van der Waals surface area contributed by atoms with Crippen molar-refractivity contribution in [1.29, 1.82) is 0 Å². The molecule has 1 heterocycles. The fourth-order valence-corrected chi connectivity index (χ4v) is 4.57. The number of rotatable bonds is 11. The lowest BCUT2D eigenvalue weighted by Gasteiger charge is -2.25. The summed E-state index contributed by atoms with van der Waals surface area (Å²) in [5.41, 5.74) is 10.7. The fourth-order valence-electron chi connectivity index (χ4n) is 3.00. The molecule has 2 unspecified atom stereocenters. The molecule has 1 saturated heterocycles. The van der Waals surface area contributed by atoms with E-state index in [1.54, 1.807) is 30.3 Å². The summed E-state index contributed by atoms with van der Waals surface area (Å²) < 4.78 is 26.6. The van der Waals surface area contributed by atoms with Gasteiger partial charge in [-0.2, -0.15) is 4.31 Å². The van der Waals surface area contributed by atoms with Crippen LogP contribution in [0, 0.1) is 0 Å². The SMILES string of the molecule is NC(N)=N[B][B]C(=O)NCC(NC(=O)C1CCCN1S(=O)(=O)[B]c1ccccc1)C(=O)O. The molecule has 0 aliphatic carbocycles. The Hall–Kier alpha value is -3.00. The summed E-state index contributed by atoms with van der Waals surface area (Å²) in [6, 6.07) is 5.84. The number of amides is 2. The quantitative estimate of drug-likeness (QED) is 0.128. The van der Waals surface area contributed by atoms with Crippen LogP contribution >= 0.6 is 0 Å². The first-order valence-electron chi connectivity index (χ1n) is 9.58. The highest BCUT2D eigenvalue weighted by Crippen LogP contribution is 2.21. The summed E-state index contributed by atoms with van der Waals surface area (Å²) in [4.78, 5) is 39.4. The molecule has 0 bridgehead atoms. The standard InChI is InChI=1S/C16H22B3N6O6S/c20-16(21)24-19-17-15(29)22-9-11(14(27)28)23-13(26)12-7-4-8-25(12)32(30,31)18-10-5-2-1-3-6-10/h1-3,5-6,11-12H,4,7-9H2,(H,22,29)(H,23,26)(H,27,28)(H4,20,21,24). The highest BCUT2D eigenvalue weighted by atomic mass is 32.2. The third-order valence-electron chi connectivity index (χ3n) is 4.46. The molecule has 2 amide bonds. The van der Waals surface area contributed by atoms with E-state index in [9.17, 15) is 27.9 Å². The summed E-state index contributed by atoms with van der Waals surface area (Å²) in [7, 11) is -1.91. The molecule has 0 spiro atoms. The molecule has 3 radical (unpaired) electrons. The summed E-state index contributed by atoms with van der Waals surface area (Å²) in [6.07, 6.45) is 0.692. The zero-order valence-corrected chi connectivity index (χ0v) is 17.9. The first kappa shape index (κ1) is 25.3. The second-order valence-corrected chi connectivity index (χ2v) is 8.59. The molecule has 2 rings (SSSR count). The number of benzene rings is 1. The first-order chi connectivity index (χ1) is 15.1. The molecule has 167 valence electrons. The topological polar surface area (TPSA) is 197 Å². The highest BCUT2D eigenvalue weighted by molar-refractivity contribution is 8.14. The van der Waals surface area contributed by atoms with Crippen molar-refractivity contribution >= 4 is 60.0 Å². The number of carbonyl (C=O) groups excluding carboxylic acids is 2. The first-order valence-corrected chi connectivity index (χ1v) is 11.1. The number of carboxylic acids is 1. The van der Waals surface area contributed by atoms with Crippen molar-refractivity contribution in [2.45, 2.75) is 24.9 Å². The van der Waals surface area contributed by atoms with Crippen LogP contribution < -0.4 is 27.6 Å². The summed E-state index contributed by atoms with van der Waals surface area (Å²) in [6.45, 7) is 0.770. The number of nitrogens with two attached hydrogens (primary N) is 2. The van der Waals surface area contributed by atoms with Gasteiger partial charge in [-0.25, -0.2) is 13.2 Å². The molecular weight excluding hydrogens is 437 g/mol. The van der Waals surface area contributed by atoms with Crippen LogP contribution in [-0.2, 0) is 19.5 Å². The summed E-state index contributed by atoms with van der Waals surface area (Å²) in [5, 5.41) is 14.0. The molecule has 1 aromatic carbocycles. The number of nitrogens with zero attached hydrogens (tertiary/aromatic N) is 2. The predicted molar refractivity (Wildman–Crippen MR) is 121 cm³/mol. The molecule has 1 aliphatic heterocycles. The van der Waals surface area contributed by atoms with E-state index in [1.165, 1.54) is 0 Å². The second-order valence-electron chi connectivity index (χ2n) is 6.86. The Balaban J connectivity index is 1.97. The van der Waals surface area contributed by atoms with Crippen LogP contribution in [0.5, 0.6) is 0 Å². The minimum Gasteiger partial charge on any atom is -0.480 e. The Morgan fingerprint density at radius 2 is 1.94 bits per heavy atom. The Bertz CT molecular complexity index is 960. The van der Waals surface area contributed by atoms with Gasteiger partial charge in [-0.15, -0.1) is 0 Å². The van der Waals surface area contributed by atoms with Gasteiger partial charge in [0.2, 0.25) is 20.4 Å². The summed E-state index contributed by atoms with van der Waals surface area (Å²) >= 11 is 0. The molecule has 2 atom stereocenters. The maximum absolute atomic E-state index is 12.8. The van der Waals surface area contributed by atoms with Gasteiger partial charge in [-0.3, -0.25) is 9.59 Å². The number of carbonyl (C=O) groups is 3. The zero-order chi connectivity index (χ0) is 23.7. The molecule has 0 saturated carbocycles. The van der Waals surface area contributed by atoms with Crippen molar-refractivity contribution in [3.8, 4) is 0 Å². The summed E-state index contributed by atoms with van der Waals surface area (Å²) in [5.74, 6) is -3.09. The molecule has 7 N–H and O–H groups in total. The minimum atomic E-state index is -3.92. The smallest absolute Gasteiger partial charge is 0.338 e. The number of nitrogens with one attached hydrogen (secondary N) is 2. The number of hydrogen-bond donors (Lipinski definition) is 5. The number of carboxylic acid groups (broad SMARTS) is 1. The van der Waals surface area contributed by atoms with E-state index < -0.39 is 46.2 Å². The van der Waals surface area contributed by atoms with Gasteiger partial charge in [0.1, 0.15) is 12.1 Å². The van der Waals surface area contributed by atoms with Gasteiger partial charge in [0.15, 0.2) is 21.6 Å². The van der Waals surface area contributed by atoms with E-state index in [4.69, 9.17) is 11.5 Å². The number of aliphatic carboxylic acids is 1. The minimum absolute atomic E-state index is 0.133. The van der Waals surface area contributed by atoms with Gasteiger partial charge in [0.05, 0.1) is 0 Å². The van der Waals surface area contributed by atoms with Crippen LogP contribution in [0.1, 0.15) is 12.8 Å². The predicted octanol–water partition coefficient (Wildman–Crippen LogP) is -3.48. The Labute approximate surface area is 187 Å². The van der Waals surface area contributed by atoms with Crippen LogP contribution in [0.25, 0.3) is 0 Å². The third-order valence-corrected chi connectivity index (χ3v) is 6.12. The van der Waals surface area contributed by atoms with Crippen LogP contribution in [0.2, 0.25) is 0 Å². The average Bonchev–Trinajstić information content (AvgIpc) is 3.22. The normalized spacial score (nSPS) is 16.9. The Kier molecular flexibility index (Phi) is 9.14. The molecule has 12 nitrogen and oxygen atoms in total. The molecule has 32 heavy (non-hydrogen) atoms. The van der Waals surface area contributed by atoms with Crippen LogP contribution in [0.15, 0.2) is 35.2 Å². The Morgan fingerprint density at radius 3 is 2.56 bits per heavy atom. The average molecular weight is 459 g/mol. The molecule has 1 fully saturated rings. The third kappa shape index (κ3) is 7.60. The van der Waals surface area contributed by atoms with Gasteiger partial charge in [0, 0.05) is 13.1 Å². The maximum atomic E-state index is 12.8. The lowest BCUT2D eigenvalue weighted by Crippen LogP contribution is -2.55. The molecular formula is C16H22B3N6O6S. The molecule has 1 aromatic rings. The molecule has 0 aromatic heterocycles. The lowest BCUT2D eigenvalue weighted by atomic mass is 9.47. The van der Waals surface area contributed by atoms with E-state index in [1.807, 2.05) is 0 Å². The van der Waals surface area contributed by atoms with E-state index >= 15 is 0 Å². The highest BCUT2D eigenvalue weighted by Gasteiger charge is 2.40. The van der Waals surface area contributed by atoms with Gasteiger partial charge >= 0.3 is 12.5 Å². The van der Waals surface area contributed by atoms with Crippen molar-refractivity contribution < 1.29 is 27.9 Å². The molecule has 16 heteroatoms. The van der Waals surface area contributed by atoms with Gasteiger partial charge in [0.25, 0.3) is 0 Å². The van der Waals surface area contributed by atoms with E-state index in [0.29, 0.717) is 11.9 Å². The maximum Gasteiger partial charge on any atom is 0.338 e. The van der Waals surface area contributed by atoms with E-state index in [2.05, 4.69) is 15.5 Å². The largest absolute Gasteiger partial charge is 0.480 e. The Morgan fingerprint density at radius 1 is 1.25 bits per heavy atom. The van der Waals surface area contributed by atoms with Crippen molar-refractivity contribution in [3.05, 3.63) is 30.3 Å². The molecule has 1 aliphatic rings. The van der Waals surface area contributed by atoms with Crippen LogP contribution in [-0.4, -0.2) is 87.7 Å². The second kappa shape index (κ2) is 11.6. The lowest BCUT2D eigenvalue weighted by molar-refractivity contribution is -0.142. The fraction of sp³-hybridized carbons (Fsp3) is 0.375. The zero-order valence-electron chi connectivity index (χ0n) is 17.0. The van der Waals surface area contributed by atoms with Crippen molar-refractivity contribution in [2.75, 3.05) is 13.1 Å². The van der Waals surface area contributed by atoms with Gasteiger partial charge in [-0.1, -0.05) is 35.8 Å². The van der Waals surface area contributed by atoms with Crippen molar-refractivity contribution in [2.24, 2.45) is 16.4 Å². The number of hydrogen-bond acceptors (Lipinski definition) is 6. The van der Waals surface area contributed by atoms with Gasteiger partial charge < -0.3 is 32.1 Å². The van der Waals surface area contributed by atoms with Crippen molar-refractivity contribution in [1.82, 2.24) is 14.9 Å².